The fraction of sp³-hybridized carbons (Fsp3) is 0.133. The van der Waals surface area contributed by atoms with Gasteiger partial charge < -0.3 is 14.2 Å². The molecule has 0 aromatic heterocycles. The molecule has 102 valence electrons. The zero-order chi connectivity index (χ0) is 14.1. The van der Waals surface area contributed by atoms with Crippen molar-refractivity contribution in [3.63, 3.8) is 0 Å². The molecule has 1 heterocycles. The summed E-state index contributed by atoms with van der Waals surface area (Å²) in [7, 11) is 1.55. The van der Waals surface area contributed by atoms with Crippen LogP contribution >= 0.6 is 22.6 Å². The molecular weight excluding hydrogens is 371 g/mol. The van der Waals surface area contributed by atoms with Crippen molar-refractivity contribution in [3.05, 3.63) is 51.1 Å². The molecule has 0 saturated carbocycles. The first-order valence-corrected chi connectivity index (χ1v) is 7.05. The highest BCUT2D eigenvalue weighted by Crippen LogP contribution is 2.34. The molecule has 2 aromatic carbocycles. The van der Waals surface area contributed by atoms with Crippen molar-refractivity contribution in [2.75, 3.05) is 13.9 Å². The Morgan fingerprint density at radius 3 is 2.75 bits per heavy atom. The second kappa shape index (κ2) is 5.32. The van der Waals surface area contributed by atoms with Crippen LogP contribution in [-0.2, 0) is 0 Å². The molecule has 0 spiro atoms. The first kappa shape index (κ1) is 13.2. The predicted molar refractivity (Wildman–Crippen MR) is 81.7 cm³/mol. The number of benzene rings is 2. The Hall–Kier alpha value is -1.76. The highest BCUT2D eigenvalue weighted by atomic mass is 127. The van der Waals surface area contributed by atoms with Gasteiger partial charge in [-0.25, -0.2) is 0 Å². The summed E-state index contributed by atoms with van der Waals surface area (Å²) in [6.45, 7) is 0.194. The van der Waals surface area contributed by atoms with Crippen LogP contribution in [0.2, 0.25) is 0 Å². The Bertz CT molecular complexity index is 682. The lowest BCUT2D eigenvalue weighted by Crippen LogP contribution is -2.04. The van der Waals surface area contributed by atoms with Gasteiger partial charge in [0.15, 0.2) is 17.3 Å². The van der Waals surface area contributed by atoms with Gasteiger partial charge >= 0.3 is 0 Å². The summed E-state index contributed by atoms with van der Waals surface area (Å²) in [5.74, 6) is 1.73. The minimum Gasteiger partial charge on any atom is -0.496 e. The van der Waals surface area contributed by atoms with Crippen LogP contribution in [0.5, 0.6) is 17.2 Å². The molecule has 20 heavy (non-hydrogen) atoms. The number of carbonyl (C=O) groups is 1. The van der Waals surface area contributed by atoms with Gasteiger partial charge in [-0.2, -0.15) is 0 Å². The fourth-order valence-electron chi connectivity index (χ4n) is 2.05. The predicted octanol–water partition coefficient (Wildman–Crippen LogP) is 3.26. The molecule has 0 fully saturated rings. The third-order valence-corrected chi connectivity index (χ3v) is 3.71. The number of halogens is 1. The molecule has 0 unspecified atom stereocenters. The maximum absolute atomic E-state index is 12.6. The number of hydrogen-bond donors (Lipinski definition) is 0. The molecule has 0 amide bonds. The molecule has 0 bridgehead atoms. The van der Waals surface area contributed by atoms with Crippen molar-refractivity contribution in [1.82, 2.24) is 0 Å². The monoisotopic (exact) mass is 382 g/mol. The van der Waals surface area contributed by atoms with E-state index in [4.69, 9.17) is 14.2 Å². The van der Waals surface area contributed by atoms with E-state index in [9.17, 15) is 4.79 Å². The molecule has 0 aliphatic carbocycles. The Labute approximate surface area is 129 Å². The van der Waals surface area contributed by atoms with Crippen LogP contribution in [-0.4, -0.2) is 19.7 Å². The molecule has 5 heteroatoms. The van der Waals surface area contributed by atoms with E-state index < -0.39 is 0 Å². The summed E-state index contributed by atoms with van der Waals surface area (Å²) in [5.41, 5.74) is 1.09. The number of hydrogen-bond acceptors (Lipinski definition) is 4. The summed E-state index contributed by atoms with van der Waals surface area (Å²) in [6.07, 6.45) is 0. The van der Waals surface area contributed by atoms with Crippen LogP contribution in [0.25, 0.3) is 0 Å². The van der Waals surface area contributed by atoms with Gasteiger partial charge in [0.1, 0.15) is 5.75 Å². The van der Waals surface area contributed by atoms with Crippen LogP contribution < -0.4 is 14.2 Å². The van der Waals surface area contributed by atoms with Gasteiger partial charge in [-0.3, -0.25) is 4.79 Å². The standard InChI is InChI=1S/C15H11IO4/c1-18-12-5-3-10(16)7-11(12)15(17)9-2-4-13-14(6-9)20-8-19-13/h2-7H,8H2,1H3. The normalized spacial score (nSPS) is 12.3. The highest BCUT2D eigenvalue weighted by Gasteiger charge is 2.19. The van der Waals surface area contributed by atoms with E-state index in [1.807, 2.05) is 12.1 Å². The third kappa shape index (κ3) is 2.33. The molecule has 0 saturated heterocycles. The van der Waals surface area contributed by atoms with E-state index in [1.54, 1.807) is 31.4 Å². The van der Waals surface area contributed by atoms with Crippen molar-refractivity contribution >= 4 is 28.4 Å². The average molecular weight is 382 g/mol. The number of fused-ring (bicyclic) bond motifs is 1. The van der Waals surface area contributed by atoms with Crippen molar-refractivity contribution in [1.29, 1.82) is 0 Å². The van der Waals surface area contributed by atoms with Gasteiger partial charge in [-0.1, -0.05) is 0 Å². The van der Waals surface area contributed by atoms with E-state index in [1.165, 1.54) is 0 Å². The third-order valence-electron chi connectivity index (χ3n) is 3.04. The lowest BCUT2D eigenvalue weighted by Gasteiger charge is -2.08. The minimum atomic E-state index is -0.0985. The minimum absolute atomic E-state index is 0.0985. The maximum atomic E-state index is 12.6. The van der Waals surface area contributed by atoms with Crippen molar-refractivity contribution in [2.45, 2.75) is 0 Å². The zero-order valence-corrected chi connectivity index (χ0v) is 12.8. The highest BCUT2D eigenvalue weighted by molar-refractivity contribution is 14.1. The van der Waals surface area contributed by atoms with Crippen LogP contribution in [0.3, 0.4) is 0 Å². The Kier molecular flexibility index (Phi) is 3.52. The van der Waals surface area contributed by atoms with Gasteiger partial charge in [0, 0.05) is 9.13 Å². The molecule has 4 nitrogen and oxygen atoms in total. The van der Waals surface area contributed by atoms with E-state index in [2.05, 4.69) is 22.6 Å². The van der Waals surface area contributed by atoms with Crippen molar-refractivity contribution < 1.29 is 19.0 Å². The molecule has 0 radical (unpaired) electrons. The van der Waals surface area contributed by atoms with Gasteiger partial charge in [0.2, 0.25) is 6.79 Å². The molecule has 2 aromatic rings. The number of ketones is 1. The second-order valence-corrected chi connectivity index (χ2v) is 5.49. The summed E-state index contributed by atoms with van der Waals surface area (Å²) < 4.78 is 16.8. The smallest absolute Gasteiger partial charge is 0.231 e. The Morgan fingerprint density at radius 1 is 1.15 bits per heavy atom. The topological polar surface area (TPSA) is 44.8 Å². The van der Waals surface area contributed by atoms with Gasteiger partial charge in [-0.15, -0.1) is 0 Å². The van der Waals surface area contributed by atoms with Crippen molar-refractivity contribution in [3.8, 4) is 17.2 Å². The van der Waals surface area contributed by atoms with E-state index in [-0.39, 0.29) is 12.6 Å². The maximum Gasteiger partial charge on any atom is 0.231 e. The van der Waals surface area contributed by atoms with Gasteiger partial charge in [0.25, 0.3) is 0 Å². The van der Waals surface area contributed by atoms with E-state index in [0.717, 1.165) is 3.57 Å². The average Bonchev–Trinajstić information content (AvgIpc) is 2.93. The largest absolute Gasteiger partial charge is 0.496 e. The molecule has 3 rings (SSSR count). The number of ether oxygens (including phenoxy) is 3. The lowest BCUT2D eigenvalue weighted by atomic mass is 10.0. The first-order chi connectivity index (χ1) is 9.69. The SMILES string of the molecule is COc1ccc(I)cc1C(=O)c1ccc2c(c1)OCO2. The second-order valence-electron chi connectivity index (χ2n) is 4.24. The van der Waals surface area contributed by atoms with Crippen LogP contribution in [0, 0.1) is 3.57 Å². The number of carbonyl (C=O) groups excluding carboxylic acids is 1. The van der Waals surface area contributed by atoms with Crippen LogP contribution in [0.4, 0.5) is 0 Å². The first-order valence-electron chi connectivity index (χ1n) is 5.97. The van der Waals surface area contributed by atoms with Crippen molar-refractivity contribution in [2.24, 2.45) is 0 Å². The quantitative estimate of drug-likeness (QED) is 0.604. The molecular formula is C15H11IO4. The van der Waals surface area contributed by atoms with Gasteiger partial charge in [0.05, 0.1) is 12.7 Å². The lowest BCUT2D eigenvalue weighted by molar-refractivity contribution is 0.103. The number of methoxy groups -OCH3 is 1. The molecule has 0 N–H and O–H groups in total. The molecule has 0 atom stereocenters. The zero-order valence-electron chi connectivity index (χ0n) is 10.7. The molecule has 1 aliphatic rings. The van der Waals surface area contributed by atoms with Crippen LogP contribution in [0.15, 0.2) is 36.4 Å². The van der Waals surface area contributed by atoms with E-state index >= 15 is 0 Å². The summed E-state index contributed by atoms with van der Waals surface area (Å²) in [5, 5.41) is 0. The van der Waals surface area contributed by atoms with Gasteiger partial charge in [-0.05, 0) is 59.0 Å². The Morgan fingerprint density at radius 2 is 1.95 bits per heavy atom. The fourth-order valence-corrected chi connectivity index (χ4v) is 2.54. The number of rotatable bonds is 3. The summed E-state index contributed by atoms with van der Waals surface area (Å²) >= 11 is 2.17. The van der Waals surface area contributed by atoms with Crippen LogP contribution in [0.1, 0.15) is 15.9 Å². The summed E-state index contributed by atoms with van der Waals surface area (Å²) in [4.78, 5) is 12.6. The Balaban J connectivity index is 2.02. The summed E-state index contributed by atoms with van der Waals surface area (Å²) in [6, 6.07) is 10.7. The van der Waals surface area contributed by atoms with E-state index in [0.29, 0.717) is 28.4 Å². The molecule has 1 aliphatic heterocycles.